The monoisotopic (exact) mass is 303 g/mol. The Kier molecular flexibility index (Phi) is 5.49. The minimum absolute atomic E-state index is 0.412. The quantitative estimate of drug-likeness (QED) is 0.939. The first-order chi connectivity index (χ1) is 10.7. The lowest BCUT2D eigenvalue weighted by Crippen LogP contribution is -2.21. The van der Waals surface area contributed by atoms with Crippen LogP contribution in [-0.4, -0.2) is 35.2 Å². The van der Waals surface area contributed by atoms with E-state index in [0.717, 1.165) is 41.3 Å². The summed E-state index contributed by atoms with van der Waals surface area (Å²) in [4.78, 5) is 15.8. The number of nitrogens with zero attached hydrogens (tertiary/aromatic N) is 4. The Morgan fingerprint density at radius 1 is 1.18 bits per heavy atom. The first kappa shape index (κ1) is 16.4. The van der Waals surface area contributed by atoms with Gasteiger partial charge in [0.1, 0.15) is 17.5 Å². The summed E-state index contributed by atoms with van der Waals surface area (Å²) >= 11 is 0. The van der Waals surface area contributed by atoms with Crippen LogP contribution in [-0.2, 0) is 11.3 Å². The highest BCUT2D eigenvalue weighted by Gasteiger charge is 2.20. The van der Waals surface area contributed by atoms with Crippen LogP contribution in [0.2, 0.25) is 0 Å². The van der Waals surface area contributed by atoms with Crippen molar-refractivity contribution in [3.63, 3.8) is 0 Å². The summed E-state index contributed by atoms with van der Waals surface area (Å²) in [6.07, 6.45) is 2.40. The molecule has 0 spiro atoms. The van der Waals surface area contributed by atoms with Gasteiger partial charge in [0.15, 0.2) is 0 Å². The van der Waals surface area contributed by atoms with Gasteiger partial charge in [0.25, 0.3) is 0 Å². The van der Waals surface area contributed by atoms with Crippen molar-refractivity contribution in [3.8, 4) is 0 Å². The minimum atomic E-state index is 0.412. The summed E-state index contributed by atoms with van der Waals surface area (Å²) in [5.74, 6) is 2.19. The van der Waals surface area contributed by atoms with Gasteiger partial charge in [0.05, 0.1) is 23.2 Å². The summed E-state index contributed by atoms with van der Waals surface area (Å²) in [6, 6.07) is 1.81. The number of aryl methyl sites for hydroxylation is 1. The fraction of sp³-hybridized carbons (Fsp3) is 0.562. The Balaban J connectivity index is 0.000000847. The number of fused-ring (bicyclic) bond motifs is 1. The molecule has 3 heterocycles. The average molecular weight is 303 g/mol. The smallest absolute Gasteiger partial charge is 0.142 e. The molecule has 2 N–H and O–H groups in total. The van der Waals surface area contributed by atoms with E-state index in [1.54, 1.807) is 7.11 Å². The predicted octanol–water partition coefficient (Wildman–Crippen LogP) is 2.69. The number of nitrogens with two attached hydrogens (primary N) is 1. The number of methoxy groups -OCH3 is 1. The fourth-order valence-corrected chi connectivity index (χ4v) is 2.74. The van der Waals surface area contributed by atoms with Gasteiger partial charge in [-0.05, 0) is 19.8 Å². The molecule has 1 aliphatic heterocycles. The molecule has 0 aliphatic carbocycles. The van der Waals surface area contributed by atoms with Crippen molar-refractivity contribution < 1.29 is 4.74 Å². The van der Waals surface area contributed by atoms with E-state index >= 15 is 0 Å². The third kappa shape index (κ3) is 3.27. The van der Waals surface area contributed by atoms with Crippen molar-refractivity contribution >= 4 is 22.5 Å². The lowest BCUT2D eigenvalue weighted by atomic mass is 10.2. The largest absolute Gasteiger partial charge is 0.384 e. The van der Waals surface area contributed by atoms with E-state index in [1.165, 1.54) is 12.8 Å². The van der Waals surface area contributed by atoms with Crippen LogP contribution in [0, 0.1) is 6.92 Å². The van der Waals surface area contributed by atoms with Crippen molar-refractivity contribution in [3.05, 3.63) is 17.6 Å². The molecule has 0 amide bonds. The molecule has 1 fully saturated rings. The highest BCUT2D eigenvalue weighted by atomic mass is 16.5. The third-order valence-electron chi connectivity index (χ3n) is 3.55. The number of rotatable bonds is 3. The fourth-order valence-electron chi connectivity index (χ4n) is 2.74. The number of pyridine rings is 1. The summed E-state index contributed by atoms with van der Waals surface area (Å²) in [6.45, 7) is 8.38. The van der Waals surface area contributed by atoms with Crippen molar-refractivity contribution in [1.82, 2.24) is 15.0 Å². The van der Waals surface area contributed by atoms with Crippen molar-refractivity contribution in [1.29, 1.82) is 0 Å². The molecule has 0 bridgehead atoms. The average Bonchev–Trinajstić information content (AvgIpc) is 3.02. The molecule has 0 aromatic carbocycles. The molecule has 6 nitrogen and oxygen atoms in total. The lowest BCUT2D eigenvalue weighted by molar-refractivity contribution is 0.183. The maximum Gasteiger partial charge on any atom is 0.142 e. The highest BCUT2D eigenvalue weighted by molar-refractivity contribution is 5.93. The zero-order chi connectivity index (χ0) is 16.1. The molecule has 3 rings (SSSR count). The molecule has 0 saturated carbocycles. The SMILES string of the molecule is CC.COCc1nc(N)cc2nc(C)nc(N3CCCC3)c12. The number of anilines is 2. The molecular weight excluding hydrogens is 278 g/mol. The van der Waals surface area contributed by atoms with E-state index < -0.39 is 0 Å². The van der Waals surface area contributed by atoms with Crippen LogP contribution in [0.5, 0.6) is 0 Å². The molecule has 0 unspecified atom stereocenters. The van der Waals surface area contributed by atoms with E-state index in [2.05, 4.69) is 19.9 Å². The predicted molar refractivity (Wildman–Crippen MR) is 90.0 cm³/mol. The topological polar surface area (TPSA) is 77.2 Å². The molecule has 1 saturated heterocycles. The van der Waals surface area contributed by atoms with Crippen molar-refractivity contribution in [2.45, 2.75) is 40.2 Å². The molecule has 0 atom stereocenters. The van der Waals surface area contributed by atoms with E-state index in [1.807, 2.05) is 26.8 Å². The summed E-state index contributed by atoms with van der Waals surface area (Å²) < 4.78 is 5.25. The normalized spacial score (nSPS) is 14.1. The molecule has 1 aliphatic rings. The van der Waals surface area contributed by atoms with Gasteiger partial charge in [-0.25, -0.2) is 15.0 Å². The minimum Gasteiger partial charge on any atom is -0.384 e. The Morgan fingerprint density at radius 2 is 1.86 bits per heavy atom. The summed E-state index contributed by atoms with van der Waals surface area (Å²) in [5, 5.41) is 0.966. The van der Waals surface area contributed by atoms with Gasteiger partial charge < -0.3 is 15.4 Å². The highest BCUT2D eigenvalue weighted by Crippen LogP contribution is 2.30. The molecule has 0 radical (unpaired) electrons. The van der Waals surface area contributed by atoms with Crippen molar-refractivity contribution in [2.75, 3.05) is 30.8 Å². The molecule has 6 heteroatoms. The second kappa shape index (κ2) is 7.35. The van der Waals surface area contributed by atoms with Gasteiger partial charge in [-0.3, -0.25) is 0 Å². The van der Waals surface area contributed by atoms with Crippen LogP contribution in [0.15, 0.2) is 6.07 Å². The maximum atomic E-state index is 5.87. The third-order valence-corrected chi connectivity index (χ3v) is 3.55. The van der Waals surface area contributed by atoms with Crippen LogP contribution >= 0.6 is 0 Å². The molecular formula is C16H25N5O. The van der Waals surface area contributed by atoms with Crippen molar-refractivity contribution in [2.24, 2.45) is 0 Å². The standard InChI is InChI=1S/C14H19N5O.C2H6/c1-9-16-10-7-12(15)18-11(8-20-2)13(10)14(17-9)19-5-3-4-6-19;1-2/h7H,3-6,8H2,1-2H3,(H2,15,18);1-2H3. The van der Waals surface area contributed by atoms with E-state index in [0.29, 0.717) is 12.4 Å². The molecule has 2 aromatic rings. The number of hydrogen-bond acceptors (Lipinski definition) is 6. The van der Waals surface area contributed by atoms with Crippen LogP contribution < -0.4 is 10.6 Å². The number of nitrogen functional groups attached to an aromatic ring is 1. The zero-order valence-corrected chi connectivity index (χ0v) is 13.9. The number of hydrogen-bond donors (Lipinski definition) is 1. The zero-order valence-electron chi connectivity index (χ0n) is 13.9. The van der Waals surface area contributed by atoms with Gasteiger partial charge in [0, 0.05) is 26.3 Å². The second-order valence-electron chi connectivity index (χ2n) is 5.11. The molecule has 120 valence electrons. The van der Waals surface area contributed by atoms with E-state index in [-0.39, 0.29) is 0 Å². The lowest BCUT2D eigenvalue weighted by Gasteiger charge is -2.20. The van der Waals surface area contributed by atoms with Gasteiger partial charge in [0.2, 0.25) is 0 Å². The molecule has 22 heavy (non-hydrogen) atoms. The Hall–Kier alpha value is -1.95. The van der Waals surface area contributed by atoms with Crippen LogP contribution in [0.4, 0.5) is 11.6 Å². The first-order valence-electron chi connectivity index (χ1n) is 7.86. The van der Waals surface area contributed by atoms with E-state index in [4.69, 9.17) is 10.5 Å². The number of ether oxygens (including phenoxy) is 1. The maximum absolute atomic E-state index is 5.87. The Bertz CT molecular complexity index is 633. The number of aromatic nitrogens is 3. The van der Waals surface area contributed by atoms with E-state index in [9.17, 15) is 0 Å². The van der Waals surface area contributed by atoms with Gasteiger partial charge >= 0.3 is 0 Å². The second-order valence-corrected chi connectivity index (χ2v) is 5.11. The summed E-state index contributed by atoms with van der Waals surface area (Å²) in [5.41, 5.74) is 7.52. The van der Waals surface area contributed by atoms with Crippen LogP contribution in [0.25, 0.3) is 10.9 Å². The molecule has 2 aromatic heterocycles. The van der Waals surface area contributed by atoms with Crippen LogP contribution in [0.3, 0.4) is 0 Å². The Morgan fingerprint density at radius 3 is 2.50 bits per heavy atom. The van der Waals surface area contributed by atoms with Gasteiger partial charge in [-0.15, -0.1) is 0 Å². The van der Waals surface area contributed by atoms with Gasteiger partial charge in [-0.2, -0.15) is 0 Å². The summed E-state index contributed by atoms with van der Waals surface area (Å²) in [7, 11) is 1.65. The van der Waals surface area contributed by atoms with Gasteiger partial charge in [-0.1, -0.05) is 13.8 Å². The first-order valence-corrected chi connectivity index (χ1v) is 7.86. The Labute approximate surface area is 131 Å². The van der Waals surface area contributed by atoms with Crippen LogP contribution in [0.1, 0.15) is 38.2 Å².